The molecule has 0 radical (unpaired) electrons. The van der Waals surface area contributed by atoms with Crippen molar-refractivity contribution in [2.45, 2.75) is 495 Å². The predicted molar refractivity (Wildman–Crippen MR) is 394 cm³/mol. The van der Waals surface area contributed by atoms with Gasteiger partial charge in [0.05, 0.1) is 25.4 Å². The highest BCUT2D eigenvalue weighted by atomic mass is 16.5. The van der Waals surface area contributed by atoms with Gasteiger partial charge in [-0.3, -0.25) is 9.59 Å². The Morgan fingerprint density at radius 1 is 0.303 bits per heavy atom. The molecule has 0 heterocycles. The maximum atomic E-state index is 12.6. The van der Waals surface area contributed by atoms with E-state index in [1.54, 1.807) is 0 Å². The van der Waals surface area contributed by atoms with E-state index in [2.05, 4.69) is 31.3 Å². The molecule has 0 aliphatic rings. The summed E-state index contributed by atoms with van der Waals surface area (Å²) in [6.45, 7) is 5.01. The Morgan fingerprint density at radius 2 is 0.528 bits per heavy atom. The van der Waals surface area contributed by atoms with Gasteiger partial charge in [-0.25, -0.2) is 0 Å². The Labute approximate surface area is 559 Å². The normalized spacial score (nSPS) is 12.4. The Morgan fingerprint density at radius 3 is 0.798 bits per heavy atom. The quantitative estimate of drug-likeness (QED) is 0.0320. The minimum absolute atomic E-state index is 0.0188. The van der Waals surface area contributed by atoms with Crippen molar-refractivity contribution in [3.8, 4) is 0 Å². The topological polar surface area (TPSA) is 95.9 Å². The summed E-state index contributed by atoms with van der Waals surface area (Å²) < 4.78 is 5.51. The third kappa shape index (κ3) is 75.5. The fourth-order valence-electron chi connectivity index (χ4n) is 13.5. The molecule has 3 N–H and O–H groups in total. The molecule has 0 aromatic heterocycles. The molecule has 0 aromatic rings. The van der Waals surface area contributed by atoms with Gasteiger partial charge in [0.2, 0.25) is 5.91 Å². The lowest BCUT2D eigenvalue weighted by molar-refractivity contribution is -0.143. The first-order valence-corrected chi connectivity index (χ1v) is 41.4. The molecular weight excluding hydrogens is 1090 g/mol. The Hall–Kier alpha value is -1.40. The standard InChI is InChI=1S/C83H163NO5/c1-3-5-7-9-11-13-15-17-19-21-22-23-24-34-37-40-44-47-51-55-59-63-67-71-75-81(86)80(79-85)84-82(87)76-72-68-64-60-56-52-48-45-41-38-35-32-30-28-26-25-27-29-31-33-36-39-42-46-50-54-58-62-66-70-74-78-89-83(88)77-73-69-65-61-57-53-49-43-20-18-16-14-12-10-8-6-4-2/h18,20,80-81,85-86H,3-17,19,21-79H2,1-2H3,(H,84,87)/b20-18-. The molecule has 2 atom stereocenters. The summed E-state index contributed by atoms with van der Waals surface area (Å²) in [5, 5.41) is 23.5. The van der Waals surface area contributed by atoms with Crippen LogP contribution in [0.2, 0.25) is 0 Å². The van der Waals surface area contributed by atoms with Crippen LogP contribution < -0.4 is 5.32 Å². The van der Waals surface area contributed by atoms with E-state index in [1.807, 2.05) is 0 Å². The third-order valence-electron chi connectivity index (χ3n) is 19.8. The van der Waals surface area contributed by atoms with Gasteiger partial charge in [-0.15, -0.1) is 0 Å². The van der Waals surface area contributed by atoms with Crippen LogP contribution >= 0.6 is 0 Å². The monoisotopic (exact) mass is 1250 g/mol. The Balaban J connectivity index is 3.32. The van der Waals surface area contributed by atoms with Crippen LogP contribution in [0.1, 0.15) is 483 Å². The molecule has 0 aliphatic carbocycles. The lowest BCUT2D eigenvalue weighted by Crippen LogP contribution is -2.45. The summed E-state index contributed by atoms with van der Waals surface area (Å²) in [7, 11) is 0. The van der Waals surface area contributed by atoms with E-state index in [0.717, 1.165) is 44.9 Å². The predicted octanol–water partition coefficient (Wildman–Crippen LogP) is 27.4. The van der Waals surface area contributed by atoms with Crippen LogP contribution in [0.5, 0.6) is 0 Å². The zero-order valence-corrected chi connectivity index (χ0v) is 61.0. The van der Waals surface area contributed by atoms with E-state index >= 15 is 0 Å². The Kier molecular flexibility index (Phi) is 77.8. The molecular formula is C83H163NO5. The second kappa shape index (κ2) is 79.0. The van der Waals surface area contributed by atoms with Crippen molar-refractivity contribution in [2.24, 2.45) is 0 Å². The highest BCUT2D eigenvalue weighted by molar-refractivity contribution is 5.76. The van der Waals surface area contributed by atoms with Gasteiger partial charge in [0, 0.05) is 12.8 Å². The first kappa shape index (κ1) is 87.6. The first-order valence-electron chi connectivity index (χ1n) is 41.4. The SMILES string of the molecule is CCCCCCCC/C=C\CCCCCCCCCC(=O)OCCCCCCCCCCCCCCCCCCCCCCCCCCCCCCCCCC(=O)NC(CO)C(O)CCCCCCCCCCCCCCCCCCCCCCCCCC. The lowest BCUT2D eigenvalue weighted by atomic mass is 10.0. The van der Waals surface area contributed by atoms with Crippen molar-refractivity contribution in [1.82, 2.24) is 5.32 Å². The van der Waals surface area contributed by atoms with Crippen molar-refractivity contribution >= 4 is 11.9 Å². The van der Waals surface area contributed by atoms with Gasteiger partial charge < -0.3 is 20.3 Å². The smallest absolute Gasteiger partial charge is 0.305 e. The number of hydrogen-bond donors (Lipinski definition) is 3. The molecule has 0 saturated carbocycles. The van der Waals surface area contributed by atoms with Gasteiger partial charge in [-0.05, 0) is 51.4 Å². The van der Waals surface area contributed by atoms with Crippen LogP contribution in [-0.2, 0) is 14.3 Å². The number of ether oxygens (including phenoxy) is 1. The largest absolute Gasteiger partial charge is 0.466 e. The molecule has 0 spiro atoms. The van der Waals surface area contributed by atoms with Crippen molar-refractivity contribution in [3.63, 3.8) is 0 Å². The van der Waals surface area contributed by atoms with Crippen LogP contribution in [0.25, 0.3) is 0 Å². The summed E-state index contributed by atoms with van der Waals surface area (Å²) in [5.74, 6) is -0.00548. The number of hydrogen-bond acceptors (Lipinski definition) is 5. The number of esters is 1. The van der Waals surface area contributed by atoms with Crippen molar-refractivity contribution < 1.29 is 24.5 Å². The molecule has 0 rings (SSSR count). The molecule has 0 aromatic carbocycles. The van der Waals surface area contributed by atoms with E-state index in [0.29, 0.717) is 25.9 Å². The van der Waals surface area contributed by atoms with Crippen LogP contribution in [0.15, 0.2) is 12.2 Å². The van der Waals surface area contributed by atoms with Crippen LogP contribution in [0.3, 0.4) is 0 Å². The number of unbranched alkanes of at least 4 members (excludes halogenated alkanes) is 66. The van der Waals surface area contributed by atoms with E-state index in [-0.39, 0.29) is 18.5 Å². The molecule has 0 fully saturated rings. The molecule has 2 unspecified atom stereocenters. The van der Waals surface area contributed by atoms with Crippen molar-refractivity contribution in [2.75, 3.05) is 13.2 Å². The number of allylic oxidation sites excluding steroid dienone is 2. The van der Waals surface area contributed by atoms with E-state index < -0.39 is 12.1 Å². The molecule has 0 bridgehead atoms. The molecule has 6 heteroatoms. The van der Waals surface area contributed by atoms with E-state index in [4.69, 9.17) is 4.74 Å². The fraction of sp³-hybridized carbons (Fsp3) is 0.952. The molecule has 1 amide bonds. The minimum atomic E-state index is -0.662. The van der Waals surface area contributed by atoms with Gasteiger partial charge in [0.25, 0.3) is 0 Å². The van der Waals surface area contributed by atoms with Gasteiger partial charge in [-0.2, -0.15) is 0 Å². The maximum absolute atomic E-state index is 12.6. The number of rotatable bonds is 79. The van der Waals surface area contributed by atoms with Crippen LogP contribution in [0, 0.1) is 0 Å². The Bertz CT molecular complexity index is 1350. The summed E-state index contributed by atoms with van der Waals surface area (Å²) >= 11 is 0. The van der Waals surface area contributed by atoms with Crippen molar-refractivity contribution in [1.29, 1.82) is 0 Å². The number of aliphatic hydroxyl groups excluding tert-OH is 2. The third-order valence-corrected chi connectivity index (χ3v) is 19.8. The zero-order valence-electron chi connectivity index (χ0n) is 61.0. The first-order chi connectivity index (χ1) is 44.0. The zero-order chi connectivity index (χ0) is 64.2. The van der Waals surface area contributed by atoms with Crippen LogP contribution in [0.4, 0.5) is 0 Å². The number of carbonyl (C=O) groups excluding carboxylic acids is 2. The molecule has 0 aliphatic heterocycles. The average molecular weight is 1260 g/mol. The van der Waals surface area contributed by atoms with Gasteiger partial charge in [0.1, 0.15) is 0 Å². The molecule has 89 heavy (non-hydrogen) atoms. The second-order valence-corrected chi connectivity index (χ2v) is 28.8. The number of nitrogens with one attached hydrogen (secondary N) is 1. The maximum Gasteiger partial charge on any atom is 0.305 e. The molecule has 6 nitrogen and oxygen atoms in total. The highest BCUT2D eigenvalue weighted by Crippen LogP contribution is 2.21. The number of aliphatic hydroxyl groups is 2. The van der Waals surface area contributed by atoms with E-state index in [9.17, 15) is 19.8 Å². The number of carbonyl (C=O) groups is 2. The molecule has 0 saturated heterocycles. The molecule has 530 valence electrons. The highest BCUT2D eigenvalue weighted by Gasteiger charge is 2.20. The van der Waals surface area contributed by atoms with Crippen LogP contribution in [-0.4, -0.2) is 47.4 Å². The van der Waals surface area contributed by atoms with Gasteiger partial charge >= 0.3 is 5.97 Å². The van der Waals surface area contributed by atoms with E-state index in [1.165, 1.54) is 405 Å². The van der Waals surface area contributed by atoms with Gasteiger partial charge in [-0.1, -0.05) is 431 Å². The minimum Gasteiger partial charge on any atom is -0.466 e. The second-order valence-electron chi connectivity index (χ2n) is 28.8. The fourth-order valence-corrected chi connectivity index (χ4v) is 13.5. The lowest BCUT2D eigenvalue weighted by Gasteiger charge is -2.22. The average Bonchev–Trinajstić information content (AvgIpc) is 3.64. The summed E-state index contributed by atoms with van der Waals surface area (Å²) in [6.07, 6.45) is 100. The number of amides is 1. The summed E-state index contributed by atoms with van der Waals surface area (Å²) in [4.78, 5) is 24.7. The summed E-state index contributed by atoms with van der Waals surface area (Å²) in [5.41, 5.74) is 0. The van der Waals surface area contributed by atoms with Crippen molar-refractivity contribution in [3.05, 3.63) is 12.2 Å². The summed E-state index contributed by atoms with van der Waals surface area (Å²) in [6, 6.07) is -0.539. The van der Waals surface area contributed by atoms with Gasteiger partial charge in [0.15, 0.2) is 0 Å².